The van der Waals surface area contributed by atoms with Gasteiger partial charge in [-0.1, -0.05) is 6.07 Å². The minimum Gasteiger partial charge on any atom is -0.353 e. The van der Waals surface area contributed by atoms with Gasteiger partial charge in [-0.05, 0) is 18.2 Å². The topological polar surface area (TPSA) is 60.9 Å². The number of hydrogen-bond donors (Lipinski definition) is 1. The minimum atomic E-state index is -0.440. The molecule has 1 aliphatic heterocycles. The highest BCUT2D eigenvalue weighted by Crippen LogP contribution is 2.24. The lowest BCUT2D eigenvalue weighted by molar-refractivity contribution is 0.574. The minimum absolute atomic E-state index is 0.440. The zero-order valence-corrected chi connectivity index (χ0v) is 11.9. The van der Waals surface area contributed by atoms with E-state index in [1.54, 1.807) is 12.4 Å². The molecule has 112 valence electrons. The molecule has 0 radical (unpaired) electrons. The van der Waals surface area contributed by atoms with Crippen molar-refractivity contribution < 1.29 is 4.39 Å². The lowest BCUT2D eigenvalue weighted by Gasteiger charge is -2.36. The molecule has 22 heavy (non-hydrogen) atoms. The second-order valence-corrected chi connectivity index (χ2v) is 5.23. The predicted octanol–water partition coefficient (Wildman–Crippen LogP) is 1.82. The Labute approximate surface area is 126 Å². The van der Waals surface area contributed by atoms with Crippen LogP contribution in [0.1, 0.15) is 0 Å². The van der Waals surface area contributed by atoms with Crippen molar-refractivity contribution in [1.29, 1.82) is 0 Å². The van der Waals surface area contributed by atoms with Gasteiger partial charge in [-0.2, -0.15) is 4.39 Å². The van der Waals surface area contributed by atoms with Crippen LogP contribution in [0.3, 0.4) is 0 Å². The lowest BCUT2D eigenvalue weighted by atomic mass is 10.2. The molecule has 0 amide bonds. The van der Waals surface area contributed by atoms with Crippen LogP contribution in [0, 0.1) is 5.95 Å². The molecular weight excluding hydrogens is 283 g/mol. The van der Waals surface area contributed by atoms with E-state index in [0.29, 0.717) is 5.82 Å². The third-order valence-corrected chi connectivity index (χ3v) is 3.94. The molecule has 6 nitrogen and oxygen atoms in total. The van der Waals surface area contributed by atoms with Crippen LogP contribution in [0.2, 0.25) is 0 Å². The predicted molar refractivity (Wildman–Crippen MR) is 82.5 cm³/mol. The highest BCUT2D eigenvalue weighted by Gasteiger charge is 2.21. The van der Waals surface area contributed by atoms with Gasteiger partial charge in [-0.25, -0.2) is 15.0 Å². The van der Waals surface area contributed by atoms with Gasteiger partial charge in [0, 0.05) is 32.4 Å². The van der Waals surface area contributed by atoms with Crippen LogP contribution in [0.25, 0.3) is 11.0 Å². The Balaban J connectivity index is 1.53. The van der Waals surface area contributed by atoms with E-state index in [1.807, 2.05) is 18.3 Å². The summed E-state index contributed by atoms with van der Waals surface area (Å²) in [5.74, 6) is 1.19. The van der Waals surface area contributed by atoms with Crippen molar-refractivity contribution in [2.24, 2.45) is 0 Å². The summed E-state index contributed by atoms with van der Waals surface area (Å²) in [6.07, 6.45) is 3.45. The summed E-state index contributed by atoms with van der Waals surface area (Å²) in [5.41, 5.74) is 0.847. The fraction of sp³-hybridized carbons (Fsp3) is 0.267. The third-order valence-electron chi connectivity index (χ3n) is 3.94. The van der Waals surface area contributed by atoms with Crippen molar-refractivity contribution in [1.82, 2.24) is 19.9 Å². The summed E-state index contributed by atoms with van der Waals surface area (Å²) in [7, 11) is 0. The van der Waals surface area contributed by atoms with E-state index in [4.69, 9.17) is 0 Å². The van der Waals surface area contributed by atoms with Crippen molar-refractivity contribution in [3.8, 4) is 0 Å². The van der Waals surface area contributed by atoms with E-state index in [2.05, 4.69) is 29.7 Å². The van der Waals surface area contributed by atoms with Crippen LogP contribution >= 0.6 is 0 Å². The van der Waals surface area contributed by atoms with Gasteiger partial charge in [-0.3, -0.25) is 0 Å². The Morgan fingerprint density at radius 1 is 1.00 bits per heavy atom. The smallest absolute Gasteiger partial charge is 0.214 e. The highest BCUT2D eigenvalue weighted by molar-refractivity contribution is 5.87. The average molecular weight is 298 g/mol. The van der Waals surface area contributed by atoms with Gasteiger partial charge in [0.1, 0.15) is 23.6 Å². The number of fused-ring (bicyclic) bond motifs is 1. The number of piperazine rings is 1. The van der Waals surface area contributed by atoms with Crippen LogP contribution in [-0.4, -0.2) is 46.1 Å². The number of nitrogens with zero attached hydrogens (tertiary/aromatic N) is 5. The molecule has 1 aliphatic rings. The number of anilines is 2. The molecule has 7 heteroatoms. The van der Waals surface area contributed by atoms with Crippen molar-refractivity contribution in [2.45, 2.75) is 0 Å². The second kappa shape index (κ2) is 5.25. The summed E-state index contributed by atoms with van der Waals surface area (Å²) in [6, 6.07) is 6.89. The number of halogens is 1. The third kappa shape index (κ3) is 2.24. The molecule has 1 fully saturated rings. The largest absolute Gasteiger partial charge is 0.353 e. The van der Waals surface area contributed by atoms with Crippen LogP contribution in [-0.2, 0) is 0 Å². The van der Waals surface area contributed by atoms with Crippen molar-refractivity contribution in [3.05, 3.63) is 42.7 Å². The number of pyridine rings is 1. The Hall–Kier alpha value is -2.70. The Morgan fingerprint density at radius 3 is 2.64 bits per heavy atom. The Morgan fingerprint density at radius 2 is 1.82 bits per heavy atom. The fourth-order valence-corrected chi connectivity index (χ4v) is 2.83. The quantitative estimate of drug-likeness (QED) is 0.731. The molecule has 0 bridgehead atoms. The second-order valence-electron chi connectivity index (χ2n) is 5.23. The fourth-order valence-electron chi connectivity index (χ4n) is 2.83. The summed E-state index contributed by atoms with van der Waals surface area (Å²) in [5, 5.41) is 1.03. The molecular formula is C15H15FN6. The number of aromatic amines is 1. The van der Waals surface area contributed by atoms with Crippen molar-refractivity contribution in [2.75, 3.05) is 36.0 Å². The van der Waals surface area contributed by atoms with Gasteiger partial charge >= 0.3 is 0 Å². The zero-order valence-electron chi connectivity index (χ0n) is 11.9. The van der Waals surface area contributed by atoms with Gasteiger partial charge in [0.25, 0.3) is 0 Å². The van der Waals surface area contributed by atoms with E-state index < -0.39 is 5.95 Å². The monoisotopic (exact) mass is 298 g/mol. The zero-order chi connectivity index (χ0) is 14.9. The lowest BCUT2D eigenvalue weighted by Crippen LogP contribution is -2.47. The first-order chi connectivity index (χ1) is 10.8. The summed E-state index contributed by atoms with van der Waals surface area (Å²) >= 11 is 0. The molecule has 0 unspecified atom stereocenters. The van der Waals surface area contributed by atoms with Gasteiger partial charge in [0.15, 0.2) is 0 Å². The van der Waals surface area contributed by atoms with Gasteiger partial charge < -0.3 is 14.8 Å². The van der Waals surface area contributed by atoms with E-state index in [0.717, 1.165) is 43.0 Å². The van der Waals surface area contributed by atoms with Crippen LogP contribution in [0.4, 0.5) is 16.0 Å². The first-order valence-corrected chi connectivity index (χ1v) is 7.22. The van der Waals surface area contributed by atoms with Crippen LogP contribution in [0.15, 0.2) is 36.8 Å². The maximum absolute atomic E-state index is 13.2. The summed E-state index contributed by atoms with van der Waals surface area (Å²) in [4.78, 5) is 20.0. The van der Waals surface area contributed by atoms with Crippen LogP contribution < -0.4 is 9.80 Å². The van der Waals surface area contributed by atoms with E-state index in [9.17, 15) is 4.39 Å². The highest BCUT2D eigenvalue weighted by atomic mass is 19.1. The number of nitrogens with one attached hydrogen (secondary N) is 1. The van der Waals surface area contributed by atoms with Crippen molar-refractivity contribution in [3.63, 3.8) is 0 Å². The van der Waals surface area contributed by atoms with Crippen molar-refractivity contribution >= 4 is 22.7 Å². The SMILES string of the molecule is Fc1cccc(N2CCN(c3ncnc4[nH]ccc34)CC2)n1. The summed E-state index contributed by atoms with van der Waals surface area (Å²) < 4.78 is 13.2. The first-order valence-electron chi connectivity index (χ1n) is 7.22. The number of hydrogen-bond acceptors (Lipinski definition) is 5. The molecule has 0 aromatic carbocycles. The maximum Gasteiger partial charge on any atom is 0.214 e. The first kappa shape index (κ1) is 13.0. The standard InChI is InChI=1S/C15H15FN6/c16-12-2-1-3-13(20-12)21-6-8-22(9-7-21)15-11-4-5-17-14(11)18-10-19-15/h1-5,10H,6-9H2,(H,17,18,19). The van der Waals surface area contributed by atoms with Crippen LogP contribution in [0.5, 0.6) is 0 Å². The van der Waals surface area contributed by atoms with E-state index >= 15 is 0 Å². The molecule has 4 heterocycles. The van der Waals surface area contributed by atoms with E-state index in [-0.39, 0.29) is 0 Å². The van der Waals surface area contributed by atoms with Gasteiger partial charge in [0.2, 0.25) is 5.95 Å². The van der Waals surface area contributed by atoms with Gasteiger partial charge in [-0.15, -0.1) is 0 Å². The Bertz CT molecular complexity index is 793. The number of H-pyrrole nitrogens is 1. The number of rotatable bonds is 2. The maximum atomic E-state index is 13.2. The molecule has 0 aliphatic carbocycles. The van der Waals surface area contributed by atoms with E-state index in [1.165, 1.54) is 6.07 Å². The molecule has 3 aromatic rings. The number of aromatic nitrogens is 4. The van der Waals surface area contributed by atoms with Gasteiger partial charge in [0.05, 0.1) is 5.39 Å². The summed E-state index contributed by atoms with van der Waals surface area (Å²) in [6.45, 7) is 3.20. The Kier molecular flexibility index (Phi) is 3.10. The molecule has 1 saturated heterocycles. The molecule has 0 spiro atoms. The molecule has 4 rings (SSSR count). The molecule has 0 saturated carbocycles. The molecule has 1 N–H and O–H groups in total. The normalized spacial score (nSPS) is 15.5. The molecule has 3 aromatic heterocycles. The molecule has 0 atom stereocenters. The average Bonchev–Trinajstić information content (AvgIpc) is 3.04.